The molecule has 0 unspecified atom stereocenters. The van der Waals surface area contributed by atoms with Crippen LogP contribution in [0, 0.1) is 19.7 Å². The molecule has 0 radical (unpaired) electrons. The second-order valence-corrected chi connectivity index (χ2v) is 7.70. The smallest absolute Gasteiger partial charge is 0.175 e. The van der Waals surface area contributed by atoms with Gasteiger partial charge in [0.1, 0.15) is 11.6 Å². The summed E-state index contributed by atoms with van der Waals surface area (Å²) in [6, 6.07) is 13.8. The van der Waals surface area contributed by atoms with Crippen molar-refractivity contribution in [2.45, 2.75) is 19.0 Å². The molecule has 0 atom stereocenters. The number of carbonyl (C=O) groups excluding carboxylic acids is 1. The van der Waals surface area contributed by atoms with Gasteiger partial charge in [-0.3, -0.25) is 4.79 Å². The van der Waals surface area contributed by atoms with E-state index in [2.05, 4.69) is 9.97 Å². The standard InChI is InChI=1S/C22H20FN3O2S/c1-13-9-18(14(2)26(13)16-6-4-5-15(23)10-16)21(27)12-29-22-24-19-8-7-17(28-3)11-20(19)25-22/h4-11H,12H2,1-3H3,(H,24,25). The predicted octanol–water partition coefficient (Wildman–Crippen LogP) is 5.09. The van der Waals surface area contributed by atoms with Crippen molar-refractivity contribution >= 4 is 28.6 Å². The van der Waals surface area contributed by atoms with Crippen LogP contribution in [0.5, 0.6) is 5.75 Å². The van der Waals surface area contributed by atoms with Crippen LogP contribution in [0.1, 0.15) is 21.7 Å². The molecule has 29 heavy (non-hydrogen) atoms. The highest BCUT2D eigenvalue weighted by Crippen LogP contribution is 2.26. The molecule has 2 aromatic heterocycles. The van der Waals surface area contributed by atoms with E-state index in [1.54, 1.807) is 13.2 Å². The van der Waals surface area contributed by atoms with Crippen LogP contribution in [-0.2, 0) is 0 Å². The molecule has 0 saturated carbocycles. The first-order valence-electron chi connectivity index (χ1n) is 9.11. The van der Waals surface area contributed by atoms with Crippen LogP contribution in [-0.4, -0.2) is 33.2 Å². The molecule has 0 fully saturated rings. The van der Waals surface area contributed by atoms with Gasteiger partial charge < -0.3 is 14.3 Å². The molecule has 0 aliphatic heterocycles. The van der Waals surface area contributed by atoms with Crippen LogP contribution in [0.2, 0.25) is 0 Å². The Bertz CT molecular complexity index is 1210. The molecule has 5 nitrogen and oxygen atoms in total. The van der Waals surface area contributed by atoms with Crippen molar-refractivity contribution in [2.24, 2.45) is 0 Å². The predicted molar refractivity (Wildman–Crippen MR) is 113 cm³/mol. The number of aromatic amines is 1. The van der Waals surface area contributed by atoms with E-state index in [0.29, 0.717) is 16.4 Å². The molecule has 4 rings (SSSR count). The SMILES string of the molecule is COc1ccc2nc(SCC(=O)c3cc(C)n(-c4cccc(F)c4)c3C)[nH]c2c1. The number of H-pyrrole nitrogens is 1. The zero-order valence-electron chi connectivity index (χ0n) is 16.3. The fraction of sp³-hybridized carbons (Fsp3) is 0.182. The van der Waals surface area contributed by atoms with Crippen molar-refractivity contribution in [3.63, 3.8) is 0 Å². The number of fused-ring (bicyclic) bond motifs is 1. The quantitative estimate of drug-likeness (QED) is 0.356. The Morgan fingerprint density at radius 2 is 2.03 bits per heavy atom. The van der Waals surface area contributed by atoms with Gasteiger partial charge in [-0.15, -0.1) is 0 Å². The third-order valence-electron chi connectivity index (χ3n) is 4.81. The average molecular weight is 409 g/mol. The first kappa shape index (κ1) is 19.3. The summed E-state index contributed by atoms with van der Waals surface area (Å²) in [5, 5.41) is 0.681. The lowest BCUT2D eigenvalue weighted by atomic mass is 10.2. The molecule has 0 saturated heterocycles. The minimum Gasteiger partial charge on any atom is -0.497 e. The van der Waals surface area contributed by atoms with Crippen molar-refractivity contribution in [1.29, 1.82) is 0 Å². The fourth-order valence-electron chi connectivity index (χ4n) is 3.43. The Morgan fingerprint density at radius 1 is 1.21 bits per heavy atom. The third-order valence-corrected chi connectivity index (χ3v) is 5.68. The summed E-state index contributed by atoms with van der Waals surface area (Å²) in [5.41, 5.74) is 4.72. The number of thioether (sulfide) groups is 1. The van der Waals surface area contributed by atoms with Crippen molar-refractivity contribution in [2.75, 3.05) is 12.9 Å². The van der Waals surface area contributed by atoms with Gasteiger partial charge >= 0.3 is 0 Å². The maximum absolute atomic E-state index is 13.6. The Labute approximate surface area is 171 Å². The first-order valence-corrected chi connectivity index (χ1v) is 10.1. The number of nitrogens with one attached hydrogen (secondary N) is 1. The summed E-state index contributed by atoms with van der Waals surface area (Å²) in [7, 11) is 1.62. The van der Waals surface area contributed by atoms with Gasteiger partial charge in [0.15, 0.2) is 10.9 Å². The summed E-state index contributed by atoms with van der Waals surface area (Å²) in [6.45, 7) is 3.79. The average Bonchev–Trinajstić information content (AvgIpc) is 3.25. The molecule has 0 spiro atoms. The minimum absolute atomic E-state index is 0.00351. The maximum atomic E-state index is 13.6. The molecule has 148 valence electrons. The van der Waals surface area contributed by atoms with Crippen LogP contribution >= 0.6 is 11.8 Å². The van der Waals surface area contributed by atoms with E-state index >= 15 is 0 Å². The number of nitrogens with zero attached hydrogens (tertiary/aromatic N) is 2. The van der Waals surface area contributed by atoms with E-state index in [4.69, 9.17) is 4.74 Å². The molecule has 7 heteroatoms. The molecule has 0 aliphatic carbocycles. The van der Waals surface area contributed by atoms with Crippen molar-refractivity contribution in [3.05, 3.63) is 71.3 Å². The third kappa shape index (κ3) is 3.78. The lowest BCUT2D eigenvalue weighted by Crippen LogP contribution is -2.06. The number of methoxy groups -OCH3 is 1. The highest BCUT2D eigenvalue weighted by atomic mass is 32.2. The van der Waals surface area contributed by atoms with Crippen LogP contribution in [0.3, 0.4) is 0 Å². The van der Waals surface area contributed by atoms with Gasteiger partial charge in [-0.1, -0.05) is 17.8 Å². The second kappa shape index (κ2) is 7.75. The van der Waals surface area contributed by atoms with E-state index in [1.807, 2.05) is 48.7 Å². The summed E-state index contributed by atoms with van der Waals surface area (Å²) in [5.74, 6) is 0.701. The Hall–Kier alpha value is -3.06. The number of aryl methyl sites for hydroxylation is 1. The Morgan fingerprint density at radius 3 is 2.79 bits per heavy atom. The number of benzene rings is 2. The highest BCUT2D eigenvalue weighted by Gasteiger charge is 2.18. The number of hydrogen-bond donors (Lipinski definition) is 1. The van der Waals surface area contributed by atoms with Crippen molar-refractivity contribution in [1.82, 2.24) is 14.5 Å². The van der Waals surface area contributed by atoms with Gasteiger partial charge in [0.2, 0.25) is 0 Å². The molecule has 2 heterocycles. The largest absolute Gasteiger partial charge is 0.497 e. The van der Waals surface area contributed by atoms with Gasteiger partial charge in [0.05, 0.1) is 23.9 Å². The van der Waals surface area contributed by atoms with Crippen molar-refractivity contribution < 1.29 is 13.9 Å². The van der Waals surface area contributed by atoms with E-state index < -0.39 is 0 Å². The number of hydrogen-bond acceptors (Lipinski definition) is 4. The molecule has 0 aliphatic rings. The first-order chi connectivity index (χ1) is 14.0. The summed E-state index contributed by atoms with van der Waals surface area (Å²) >= 11 is 1.36. The lowest BCUT2D eigenvalue weighted by Gasteiger charge is -2.09. The van der Waals surface area contributed by atoms with Crippen LogP contribution in [0.4, 0.5) is 4.39 Å². The summed E-state index contributed by atoms with van der Waals surface area (Å²) < 4.78 is 20.7. The van der Waals surface area contributed by atoms with Gasteiger partial charge in [0.25, 0.3) is 0 Å². The van der Waals surface area contributed by atoms with Gasteiger partial charge in [0, 0.05) is 28.7 Å². The molecule has 0 amide bonds. The van der Waals surface area contributed by atoms with Gasteiger partial charge in [-0.05, 0) is 50.2 Å². The summed E-state index contributed by atoms with van der Waals surface area (Å²) in [6.07, 6.45) is 0. The molecule has 0 bridgehead atoms. The number of imidazole rings is 1. The maximum Gasteiger partial charge on any atom is 0.175 e. The zero-order valence-corrected chi connectivity index (χ0v) is 17.1. The van der Waals surface area contributed by atoms with E-state index in [0.717, 1.165) is 28.2 Å². The normalized spacial score (nSPS) is 11.2. The molecule has 2 aromatic carbocycles. The number of aromatic nitrogens is 3. The lowest BCUT2D eigenvalue weighted by molar-refractivity contribution is 0.102. The topological polar surface area (TPSA) is 59.9 Å². The fourth-order valence-corrected chi connectivity index (χ4v) is 4.20. The number of halogens is 1. The second-order valence-electron chi connectivity index (χ2n) is 6.74. The van der Waals surface area contributed by atoms with Crippen molar-refractivity contribution in [3.8, 4) is 11.4 Å². The molecule has 4 aromatic rings. The van der Waals surface area contributed by atoms with Gasteiger partial charge in [-0.2, -0.15) is 0 Å². The number of rotatable bonds is 6. The number of ether oxygens (including phenoxy) is 1. The molecular formula is C22H20FN3O2S. The van der Waals surface area contributed by atoms with E-state index in [1.165, 1.54) is 23.9 Å². The Balaban J connectivity index is 1.54. The highest BCUT2D eigenvalue weighted by molar-refractivity contribution is 7.99. The monoisotopic (exact) mass is 409 g/mol. The van der Waals surface area contributed by atoms with E-state index in [9.17, 15) is 9.18 Å². The molecular weight excluding hydrogens is 389 g/mol. The van der Waals surface area contributed by atoms with E-state index in [-0.39, 0.29) is 17.4 Å². The zero-order chi connectivity index (χ0) is 20.5. The molecule has 1 N–H and O–H groups in total. The summed E-state index contributed by atoms with van der Waals surface area (Å²) in [4.78, 5) is 20.6. The van der Waals surface area contributed by atoms with Gasteiger partial charge in [-0.25, -0.2) is 9.37 Å². The van der Waals surface area contributed by atoms with Crippen LogP contribution < -0.4 is 4.74 Å². The minimum atomic E-state index is -0.306. The number of carbonyl (C=O) groups is 1. The van der Waals surface area contributed by atoms with Crippen LogP contribution in [0.25, 0.3) is 16.7 Å². The Kier molecular flexibility index (Phi) is 5.15. The van der Waals surface area contributed by atoms with Crippen LogP contribution in [0.15, 0.2) is 53.7 Å². The number of ketones is 1. The number of Topliss-reactive ketones (excluding diaryl/α,β-unsaturated/α-hetero) is 1.